The minimum atomic E-state index is -0.842. The Bertz CT molecular complexity index is 1160. The van der Waals surface area contributed by atoms with Crippen LogP contribution in [0.15, 0.2) is 66.7 Å². The van der Waals surface area contributed by atoms with Crippen LogP contribution in [0.3, 0.4) is 0 Å². The normalized spacial score (nSPS) is 13.3. The van der Waals surface area contributed by atoms with Crippen LogP contribution in [-0.4, -0.2) is 23.6 Å². The van der Waals surface area contributed by atoms with Crippen LogP contribution < -0.4 is 10.1 Å². The topological polar surface area (TPSA) is 72.5 Å². The minimum absolute atomic E-state index is 0.194. The number of halogens is 1. The number of hydrogen-bond acceptors (Lipinski definition) is 4. The third-order valence-corrected chi connectivity index (χ3v) is 4.92. The SMILES string of the molecule is CC(Oc1cccc(Cl)c1)C(=O)Nc1cccc2c1C(=O)c1ccccc1C2=O. The van der Waals surface area contributed by atoms with Crippen molar-refractivity contribution in [3.63, 3.8) is 0 Å². The van der Waals surface area contributed by atoms with E-state index in [0.717, 1.165) is 0 Å². The van der Waals surface area contributed by atoms with Gasteiger partial charge in [-0.3, -0.25) is 14.4 Å². The van der Waals surface area contributed by atoms with E-state index < -0.39 is 12.0 Å². The summed E-state index contributed by atoms with van der Waals surface area (Å²) in [6.07, 6.45) is -0.842. The van der Waals surface area contributed by atoms with Crippen LogP contribution in [0.4, 0.5) is 5.69 Å². The van der Waals surface area contributed by atoms with Gasteiger partial charge in [-0.25, -0.2) is 0 Å². The molecular weight excluding hydrogens is 390 g/mol. The van der Waals surface area contributed by atoms with Gasteiger partial charge in [0, 0.05) is 21.7 Å². The molecule has 0 radical (unpaired) electrons. The first-order valence-electron chi connectivity index (χ1n) is 9.00. The van der Waals surface area contributed by atoms with Gasteiger partial charge >= 0.3 is 0 Å². The fraction of sp³-hybridized carbons (Fsp3) is 0.0870. The van der Waals surface area contributed by atoms with E-state index in [1.54, 1.807) is 73.7 Å². The van der Waals surface area contributed by atoms with Crippen LogP contribution in [0.2, 0.25) is 5.02 Å². The zero-order valence-corrected chi connectivity index (χ0v) is 16.2. The molecular formula is C23H16ClNO4. The van der Waals surface area contributed by atoms with Gasteiger partial charge < -0.3 is 10.1 Å². The van der Waals surface area contributed by atoms with Crippen LogP contribution in [0.1, 0.15) is 38.8 Å². The molecule has 1 aliphatic rings. The molecule has 29 heavy (non-hydrogen) atoms. The Labute approximate surface area is 172 Å². The highest BCUT2D eigenvalue weighted by Crippen LogP contribution is 2.32. The van der Waals surface area contributed by atoms with E-state index in [-0.39, 0.29) is 28.4 Å². The zero-order valence-electron chi connectivity index (χ0n) is 15.4. The van der Waals surface area contributed by atoms with Gasteiger partial charge in [-0.1, -0.05) is 54.1 Å². The maximum atomic E-state index is 13.0. The number of ether oxygens (including phenoxy) is 1. The molecule has 4 rings (SSSR count). The number of hydrogen-bond donors (Lipinski definition) is 1. The van der Waals surface area contributed by atoms with Gasteiger partial charge in [0.15, 0.2) is 17.7 Å². The fourth-order valence-corrected chi connectivity index (χ4v) is 3.46. The quantitative estimate of drug-likeness (QED) is 0.541. The van der Waals surface area contributed by atoms with Crippen LogP contribution >= 0.6 is 11.6 Å². The molecule has 144 valence electrons. The summed E-state index contributed by atoms with van der Waals surface area (Å²) < 4.78 is 5.63. The molecule has 5 nitrogen and oxygen atoms in total. The molecule has 0 heterocycles. The first-order valence-corrected chi connectivity index (χ1v) is 9.38. The van der Waals surface area contributed by atoms with E-state index in [4.69, 9.17) is 16.3 Å². The molecule has 0 saturated heterocycles. The molecule has 0 aliphatic heterocycles. The molecule has 3 aromatic carbocycles. The Kier molecular flexibility index (Phi) is 4.91. The second kappa shape index (κ2) is 7.53. The molecule has 1 atom stereocenters. The molecule has 1 aliphatic carbocycles. The van der Waals surface area contributed by atoms with Gasteiger partial charge in [0.2, 0.25) is 0 Å². The second-order valence-corrected chi connectivity index (χ2v) is 7.08. The van der Waals surface area contributed by atoms with Crippen molar-refractivity contribution >= 4 is 34.8 Å². The van der Waals surface area contributed by atoms with E-state index in [0.29, 0.717) is 21.9 Å². The summed E-state index contributed by atoms with van der Waals surface area (Å²) in [5.41, 5.74) is 1.44. The van der Waals surface area contributed by atoms with Crippen LogP contribution in [0.25, 0.3) is 0 Å². The summed E-state index contributed by atoms with van der Waals surface area (Å²) in [5, 5.41) is 3.21. The van der Waals surface area contributed by atoms with E-state index in [1.807, 2.05) is 0 Å². The summed E-state index contributed by atoms with van der Waals surface area (Å²) >= 11 is 5.94. The molecule has 1 amide bonds. The predicted molar refractivity (Wildman–Crippen MR) is 110 cm³/mol. The molecule has 0 spiro atoms. The summed E-state index contributed by atoms with van der Waals surface area (Å²) in [4.78, 5) is 38.5. The summed E-state index contributed by atoms with van der Waals surface area (Å²) in [6, 6.07) is 18.2. The number of nitrogens with one attached hydrogen (secondary N) is 1. The Hall–Kier alpha value is -3.44. The Morgan fingerprint density at radius 1 is 0.897 bits per heavy atom. The van der Waals surface area contributed by atoms with Crippen molar-refractivity contribution in [1.82, 2.24) is 0 Å². The number of benzene rings is 3. The molecule has 1 N–H and O–H groups in total. The largest absolute Gasteiger partial charge is 0.481 e. The van der Waals surface area contributed by atoms with Crippen molar-refractivity contribution < 1.29 is 19.1 Å². The Balaban J connectivity index is 1.61. The highest BCUT2D eigenvalue weighted by atomic mass is 35.5. The first-order chi connectivity index (χ1) is 14.0. The van der Waals surface area contributed by atoms with Crippen molar-refractivity contribution in [2.24, 2.45) is 0 Å². The Morgan fingerprint density at radius 2 is 1.55 bits per heavy atom. The lowest BCUT2D eigenvalue weighted by Crippen LogP contribution is -2.31. The fourth-order valence-electron chi connectivity index (χ4n) is 3.28. The molecule has 0 fully saturated rings. The van der Waals surface area contributed by atoms with Crippen molar-refractivity contribution in [3.8, 4) is 5.75 Å². The molecule has 6 heteroatoms. The van der Waals surface area contributed by atoms with Gasteiger partial charge in [-0.2, -0.15) is 0 Å². The lowest BCUT2D eigenvalue weighted by Gasteiger charge is -2.21. The highest BCUT2D eigenvalue weighted by molar-refractivity contribution is 6.31. The highest BCUT2D eigenvalue weighted by Gasteiger charge is 2.32. The average Bonchev–Trinajstić information content (AvgIpc) is 2.72. The number of amides is 1. The lowest BCUT2D eigenvalue weighted by molar-refractivity contribution is -0.122. The van der Waals surface area contributed by atoms with E-state index in [9.17, 15) is 14.4 Å². The number of fused-ring (bicyclic) bond motifs is 2. The van der Waals surface area contributed by atoms with Crippen LogP contribution in [0.5, 0.6) is 5.75 Å². The van der Waals surface area contributed by atoms with Gasteiger partial charge in [0.05, 0.1) is 11.3 Å². The first kappa shape index (κ1) is 18.9. The lowest BCUT2D eigenvalue weighted by atomic mass is 9.83. The zero-order chi connectivity index (χ0) is 20.5. The van der Waals surface area contributed by atoms with E-state index >= 15 is 0 Å². The van der Waals surface area contributed by atoms with E-state index in [2.05, 4.69) is 5.32 Å². The molecule has 0 bridgehead atoms. The number of rotatable bonds is 4. The van der Waals surface area contributed by atoms with Crippen LogP contribution in [-0.2, 0) is 4.79 Å². The van der Waals surface area contributed by atoms with Crippen LogP contribution in [0, 0.1) is 0 Å². The predicted octanol–water partition coefficient (Wildman–Crippen LogP) is 4.52. The van der Waals surface area contributed by atoms with Crippen molar-refractivity contribution in [3.05, 3.63) is 94.0 Å². The summed E-state index contributed by atoms with van der Waals surface area (Å²) in [6.45, 7) is 1.59. The Morgan fingerprint density at radius 3 is 2.28 bits per heavy atom. The number of carbonyl (C=O) groups is 3. The number of carbonyl (C=O) groups excluding carboxylic acids is 3. The van der Waals surface area contributed by atoms with Gasteiger partial charge in [0.1, 0.15) is 5.75 Å². The minimum Gasteiger partial charge on any atom is -0.481 e. The van der Waals surface area contributed by atoms with Crippen molar-refractivity contribution in [1.29, 1.82) is 0 Å². The number of anilines is 1. The van der Waals surface area contributed by atoms with E-state index in [1.165, 1.54) is 0 Å². The molecule has 0 saturated carbocycles. The summed E-state index contributed by atoms with van der Waals surface area (Å²) in [7, 11) is 0. The van der Waals surface area contributed by atoms with Gasteiger partial charge in [-0.15, -0.1) is 0 Å². The van der Waals surface area contributed by atoms with Gasteiger partial charge in [0.25, 0.3) is 5.91 Å². The van der Waals surface area contributed by atoms with Crippen molar-refractivity contribution in [2.75, 3.05) is 5.32 Å². The second-order valence-electron chi connectivity index (χ2n) is 6.64. The maximum absolute atomic E-state index is 13.0. The third-order valence-electron chi connectivity index (χ3n) is 4.69. The smallest absolute Gasteiger partial charge is 0.265 e. The monoisotopic (exact) mass is 405 g/mol. The maximum Gasteiger partial charge on any atom is 0.265 e. The average molecular weight is 406 g/mol. The third kappa shape index (κ3) is 3.52. The standard InChI is InChI=1S/C23H16ClNO4/c1-13(29-15-7-4-6-14(24)12-15)23(28)25-19-11-5-10-18-20(19)22(27)17-9-3-2-8-16(17)21(18)26/h2-13H,1H3,(H,25,28). The molecule has 3 aromatic rings. The van der Waals surface area contributed by atoms with Gasteiger partial charge in [-0.05, 0) is 31.2 Å². The van der Waals surface area contributed by atoms with Crippen molar-refractivity contribution in [2.45, 2.75) is 13.0 Å². The number of ketones is 2. The summed E-state index contributed by atoms with van der Waals surface area (Å²) in [5.74, 6) is -0.531. The molecule has 0 aromatic heterocycles. The molecule has 1 unspecified atom stereocenters.